The number of carbonyl (C=O) groups excluding carboxylic acids is 1. The van der Waals surface area contributed by atoms with Crippen LogP contribution in [0.25, 0.3) is 0 Å². The molecule has 8 atom stereocenters. The molecule has 0 aromatic rings. The molecule has 65 heavy (non-hydrogen) atoms. The van der Waals surface area contributed by atoms with Crippen molar-refractivity contribution in [3.63, 3.8) is 0 Å². The minimum absolute atomic E-state index is 0.0391. The summed E-state index contributed by atoms with van der Waals surface area (Å²) in [6.07, 6.45) is 74.6. The quantitative estimate of drug-likeness (QED) is 0.0394. The van der Waals surface area contributed by atoms with Gasteiger partial charge in [-0.25, -0.2) is 0 Å². The number of hydrogen-bond donors (Lipinski definition) is 0. The molecule has 0 N–H and O–H groups in total. The maximum absolute atomic E-state index is 12.9. The van der Waals surface area contributed by atoms with Crippen LogP contribution >= 0.6 is 0 Å². The summed E-state index contributed by atoms with van der Waals surface area (Å²) in [5.74, 6) is 5.23. The second-order valence-electron chi connectivity index (χ2n) is 21.5. The van der Waals surface area contributed by atoms with E-state index in [1.807, 2.05) is 0 Å². The molecule has 4 rings (SSSR count). The molecule has 8 unspecified atom stereocenters. The standard InChI is InChI=1S/C63H98O2/c1-7-8-9-10-11-12-13-14-15-16-17-18-19-20-21-22-23-24-25-26-27-28-29-30-31-32-33-34-35-36-37-38-39-43-61(64)65-56-48-50-62(5)55(52-56)44-45-57-59-47-46-58(54(4)42-40-41-53(2)3)63(59,6)51-49-60(57)62/h8-9,11-12,14-15,17-18,20-21,23-24,26-27,29-30,32-33,44,53-54,56-60H,7,10,13,16,19,22,25,28,31,34-43,45-52H2,1-6H3/b9-8-,12-11-,15-14-,18-17-,21-20-,24-23-,27-26-,30-29-,33-32-. The maximum Gasteiger partial charge on any atom is 0.306 e. The van der Waals surface area contributed by atoms with Gasteiger partial charge in [0, 0.05) is 12.8 Å². The number of esters is 1. The Hall–Kier alpha value is -3.13. The Kier molecular flexibility index (Phi) is 26.6. The smallest absolute Gasteiger partial charge is 0.306 e. The van der Waals surface area contributed by atoms with Gasteiger partial charge in [-0.2, -0.15) is 0 Å². The van der Waals surface area contributed by atoms with E-state index in [1.54, 1.807) is 5.57 Å². The molecule has 0 bridgehead atoms. The number of ether oxygens (including phenoxy) is 1. The van der Waals surface area contributed by atoms with Gasteiger partial charge in [0.2, 0.25) is 0 Å². The zero-order valence-corrected chi connectivity index (χ0v) is 42.9. The van der Waals surface area contributed by atoms with Crippen LogP contribution in [0.3, 0.4) is 0 Å². The van der Waals surface area contributed by atoms with Crippen molar-refractivity contribution >= 4 is 5.97 Å². The monoisotopic (exact) mass is 887 g/mol. The Morgan fingerprint density at radius 1 is 0.600 bits per heavy atom. The summed E-state index contributed by atoms with van der Waals surface area (Å²) in [6, 6.07) is 0. The molecule has 2 heteroatoms. The molecule has 362 valence electrons. The fraction of sp³-hybridized carbons (Fsp3) is 0.667. The van der Waals surface area contributed by atoms with Gasteiger partial charge in [0.1, 0.15) is 6.10 Å². The van der Waals surface area contributed by atoms with E-state index in [1.165, 1.54) is 77.0 Å². The largest absolute Gasteiger partial charge is 0.462 e. The number of unbranched alkanes of at least 4 members (excludes halogenated alkanes) is 5. The zero-order chi connectivity index (χ0) is 46.4. The molecular weight excluding hydrogens is 789 g/mol. The van der Waals surface area contributed by atoms with Crippen molar-refractivity contribution in [1.82, 2.24) is 0 Å². The third kappa shape index (κ3) is 19.6. The van der Waals surface area contributed by atoms with Gasteiger partial charge in [-0.1, -0.05) is 201 Å². The van der Waals surface area contributed by atoms with Gasteiger partial charge < -0.3 is 4.74 Å². The summed E-state index contributed by atoms with van der Waals surface area (Å²) in [4.78, 5) is 12.9. The van der Waals surface area contributed by atoms with Gasteiger partial charge >= 0.3 is 5.97 Å². The van der Waals surface area contributed by atoms with Crippen molar-refractivity contribution in [2.24, 2.45) is 46.3 Å². The molecule has 0 aromatic heterocycles. The van der Waals surface area contributed by atoms with Crippen molar-refractivity contribution in [1.29, 1.82) is 0 Å². The number of fused-ring (bicyclic) bond motifs is 5. The summed E-state index contributed by atoms with van der Waals surface area (Å²) >= 11 is 0. The van der Waals surface area contributed by atoms with Gasteiger partial charge in [-0.15, -0.1) is 0 Å². The van der Waals surface area contributed by atoms with Gasteiger partial charge in [-0.3, -0.25) is 4.79 Å². The normalized spacial score (nSPS) is 27.9. The lowest BCUT2D eigenvalue weighted by molar-refractivity contribution is -0.151. The molecule has 2 nitrogen and oxygen atoms in total. The lowest BCUT2D eigenvalue weighted by Crippen LogP contribution is -2.51. The molecule has 3 fully saturated rings. The second-order valence-corrected chi connectivity index (χ2v) is 21.5. The Morgan fingerprint density at radius 2 is 1.12 bits per heavy atom. The number of rotatable bonds is 31. The Labute approximate surface area is 402 Å². The summed E-state index contributed by atoms with van der Waals surface area (Å²) in [7, 11) is 0. The van der Waals surface area contributed by atoms with Crippen molar-refractivity contribution in [2.75, 3.05) is 0 Å². The van der Waals surface area contributed by atoms with E-state index in [0.29, 0.717) is 17.3 Å². The Morgan fingerprint density at radius 3 is 1.68 bits per heavy atom. The highest BCUT2D eigenvalue weighted by molar-refractivity contribution is 5.69. The average molecular weight is 887 g/mol. The van der Waals surface area contributed by atoms with Crippen LogP contribution in [0.1, 0.15) is 215 Å². The minimum atomic E-state index is 0.0391. The van der Waals surface area contributed by atoms with Gasteiger partial charge in [-0.05, 0) is 168 Å². The van der Waals surface area contributed by atoms with E-state index >= 15 is 0 Å². The van der Waals surface area contributed by atoms with Crippen LogP contribution in [0.2, 0.25) is 0 Å². The predicted octanol–water partition coefficient (Wildman–Crippen LogP) is 19.2. The van der Waals surface area contributed by atoms with E-state index in [4.69, 9.17) is 4.74 Å². The van der Waals surface area contributed by atoms with Gasteiger partial charge in [0.05, 0.1) is 0 Å². The molecule has 4 aliphatic rings. The van der Waals surface area contributed by atoms with Crippen LogP contribution in [0.15, 0.2) is 121 Å². The fourth-order valence-electron chi connectivity index (χ4n) is 12.5. The SMILES string of the molecule is CC/C=C\C/C=C\C/C=C\C/C=C\C/C=C\C/C=C\C/C=C\C/C=C\C/C=C\CCCCCCCC(=O)OC1CCC2(C)C(=CCC3C2CCC2(C)C(C(C)CCCC(C)C)CCC32)C1. The highest BCUT2D eigenvalue weighted by Gasteiger charge is 2.59. The minimum Gasteiger partial charge on any atom is -0.462 e. The molecule has 0 aliphatic heterocycles. The van der Waals surface area contributed by atoms with Crippen molar-refractivity contribution in [2.45, 2.75) is 221 Å². The molecule has 0 radical (unpaired) electrons. The lowest BCUT2D eigenvalue weighted by Gasteiger charge is -2.58. The summed E-state index contributed by atoms with van der Waals surface area (Å²) in [5.41, 5.74) is 2.49. The summed E-state index contributed by atoms with van der Waals surface area (Å²) < 4.78 is 6.16. The molecule has 0 spiro atoms. The predicted molar refractivity (Wildman–Crippen MR) is 285 cm³/mol. The highest BCUT2D eigenvalue weighted by Crippen LogP contribution is 2.67. The van der Waals surface area contributed by atoms with Crippen molar-refractivity contribution in [3.05, 3.63) is 121 Å². The third-order valence-corrected chi connectivity index (χ3v) is 16.2. The Balaban J connectivity index is 0.956. The molecule has 0 heterocycles. The average Bonchev–Trinajstić information content (AvgIpc) is 3.65. The van der Waals surface area contributed by atoms with E-state index in [2.05, 4.69) is 157 Å². The maximum atomic E-state index is 12.9. The molecule has 0 aromatic carbocycles. The van der Waals surface area contributed by atoms with E-state index in [0.717, 1.165) is 125 Å². The molecule has 0 amide bonds. The summed E-state index contributed by atoms with van der Waals surface area (Å²) in [6.45, 7) is 14.8. The van der Waals surface area contributed by atoms with Crippen LogP contribution in [-0.4, -0.2) is 12.1 Å². The number of allylic oxidation sites excluding steroid dienone is 19. The molecular formula is C63H98O2. The third-order valence-electron chi connectivity index (χ3n) is 16.2. The van der Waals surface area contributed by atoms with Crippen molar-refractivity contribution < 1.29 is 9.53 Å². The lowest BCUT2D eigenvalue weighted by atomic mass is 9.47. The first-order valence-electron chi connectivity index (χ1n) is 27.4. The van der Waals surface area contributed by atoms with Crippen LogP contribution in [0.5, 0.6) is 0 Å². The summed E-state index contributed by atoms with van der Waals surface area (Å²) in [5, 5.41) is 0. The number of carbonyl (C=O) groups is 1. The van der Waals surface area contributed by atoms with Crippen LogP contribution in [-0.2, 0) is 9.53 Å². The molecule has 4 aliphatic carbocycles. The van der Waals surface area contributed by atoms with Crippen molar-refractivity contribution in [3.8, 4) is 0 Å². The first-order chi connectivity index (χ1) is 31.7. The van der Waals surface area contributed by atoms with Gasteiger partial charge in [0.25, 0.3) is 0 Å². The Bertz CT molecular complexity index is 1620. The van der Waals surface area contributed by atoms with Crippen LogP contribution < -0.4 is 0 Å². The fourth-order valence-corrected chi connectivity index (χ4v) is 12.5. The van der Waals surface area contributed by atoms with Crippen LogP contribution in [0.4, 0.5) is 0 Å². The number of hydrogen-bond acceptors (Lipinski definition) is 2. The molecule has 3 saturated carbocycles. The van der Waals surface area contributed by atoms with Crippen LogP contribution in [0, 0.1) is 46.3 Å². The van der Waals surface area contributed by atoms with E-state index in [9.17, 15) is 4.79 Å². The van der Waals surface area contributed by atoms with E-state index in [-0.39, 0.29) is 12.1 Å². The zero-order valence-electron chi connectivity index (χ0n) is 42.9. The highest BCUT2D eigenvalue weighted by atomic mass is 16.5. The van der Waals surface area contributed by atoms with E-state index < -0.39 is 0 Å². The molecule has 0 saturated heterocycles. The van der Waals surface area contributed by atoms with Gasteiger partial charge in [0.15, 0.2) is 0 Å². The second kappa shape index (κ2) is 31.8. The first kappa shape index (κ1) is 54.5. The first-order valence-corrected chi connectivity index (χ1v) is 27.4. The topological polar surface area (TPSA) is 26.3 Å².